The van der Waals surface area contributed by atoms with Crippen LogP contribution < -0.4 is 4.90 Å². The summed E-state index contributed by atoms with van der Waals surface area (Å²) in [6.45, 7) is 3.92. The number of para-hydroxylation sites is 2. The van der Waals surface area contributed by atoms with E-state index in [1.54, 1.807) is 28.6 Å². The highest BCUT2D eigenvalue weighted by atomic mass is 35.5. The molecule has 4 rings (SSSR count). The zero-order chi connectivity index (χ0) is 19.7. The van der Waals surface area contributed by atoms with Crippen molar-refractivity contribution in [2.75, 3.05) is 31.1 Å². The van der Waals surface area contributed by atoms with Crippen LogP contribution in [0.4, 0.5) is 10.1 Å². The van der Waals surface area contributed by atoms with E-state index in [9.17, 15) is 9.18 Å². The van der Waals surface area contributed by atoms with E-state index in [-0.39, 0.29) is 11.7 Å². The van der Waals surface area contributed by atoms with Gasteiger partial charge in [-0.25, -0.2) is 9.07 Å². The lowest BCUT2D eigenvalue weighted by molar-refractivity contribution is 0.0746. The fraction of sp³-hybridized carbons (Fsp3) is 0.238. The maximum atomic E-state index is 14.0. The Morgan fingerprint density at radius 2 is 1.64 bits per heavy atom. The second-order valence-electron chi connectivity index (χ2n) is 6.73. The highest BCUT2D eigenvalue weighted by Gasteiger charge is 2.28. The lowest BCUT2D eigenvalue weighted by atomic mass is 10.2. The van der Waals surface area contributed by atoms with Crippen LogP contribution in [0.5, 0.6) is 0 Å². The summed E-state index contributed by atoms with van der Waals surface area (Å²) in [6.07, 6.45) is 0. The first kappa shape index (κ1) is 18.5. The van der Waals surface area contributed by atoms with E-state index in [4.69, 9.17) is 11.6 Å². The number of rotatable bonds is 3. The molecule has 0 bridgehead atoms. The molecule has 28 heavy (non-hydrogen) atoms. The largest absolute Gasteiger partial charge is 0.366 e. The van der Waals surface area contributed by atoms with Gasteiger partial charge in [-0.05, 0) is 31.2 Å². The number of aryl methyl sites for hydroxylation is 1. The van der Waals surface area contributed by atoms with Gasteiger partial charge in [0, 0.05) is 26.2 Å². The van der Waals surface area contributed by atoms with Crippen molar-refractivity contribution < 1.29 is 9.18 Å². The fourth-order valence-corrected chi connectivity index (χ4v) is 3.85. The quantitative estimate of drug-likeness (QED) is 0.671. The van der Waals surface area contributed by atoms with Crippen LogP contribution in [0.1, 0.15) is 16.1 Å². The molecule has 1 aliphatic heterocycles. The molecule has 0 spiro atoms. The summed E-state index contributed by atoms with van der Waals surface area (Å²) in [6, 6.07) is 16.2. The highest BCUT2D eigenvalue weighted by Crippen LogP contribution is 2.26. The van der Waals surface area contributed by atoms with Crippen molar-refractivity contribution in [1.82, 2.24) is 14.7 Å². The topological polar surface area (TPSA) is 41.4 Å². The van der Waals surface area contributed by atoms with Crippen molar-refractivity contribution in [1.29, 1.82) is 0 Å². The summed E-state index contributed by atoms with van der Waals surface area (Å²) in [7, 11) is 0. The second-order valence-corrected chi connectivity index (χ2v) is 7.09. The molecule has 1 saturated heterocycles. The van der Waals surface area contributed by atoms with Crippen LogP contribution in [0, 0.1) is 12.7 Å². The molecule has 1 fully saturated rings. The molecule has 2 aromatic carbocycles. The Kier molecular flexibility index (Phi) is 5.05. The highest BCUT2D eigenvalue weighted by molar-refractivity contribution is 6.33. The van der Waals surface area contributed by atoms with Crippen LogP contribution in [0.2, 0.25) is 5.15 Å². The maximum absolute atomic E-state index is 14.0. The van der Waals surface area contributed by atoms with E-state index in [0.717, 1.165) is 5.69 Å². The predicted octanol–water partition coefficient (Wildman–Crippen LogP) is 3.94. The standard InChI is InChI=1S/C21H20ClFN4O/c1-15-19(20(22)27(24-15)16-7-3-2-4-8-16)21(28)26-13-11-25(12-14-26)18-10-6-5-9-17(18)23/h2-10H,11-14H2,1H3. The number of carbonyl (C=O) groups excluding carboxylic acids is 1. The molecule has 144 valence electrons. The summed E-state index contributed by atoms with van der Waals surface area (Å²) in [5.74, 6) is -0.386. The number of piperazine rings is 1. The first-order chi connectivity index (χ1) is 13.6. The molecule has 0 N–H and O–H groups in total. The molecule has 1 amide bonds. The fourth-order valence-electron chi connectivity index (χ4n) is 3.50. The van der Waals surface area contributed by atoms with E-state index >= 15 is 0 Å². The molecule has 5 nitrogen and oxygen atoms in total. The van der Waals surface area contributed by atoms with E-state index in [2.05, 4.69) is 5.10 Å². The summed E-state index contributed by atoms with van der Waals surface area (Å²) in [5, 5.41) is 4.76. The van der Waals surface area contributed by atoms with Crippen LogP contribution in [-0.4, -0.2) is 46.8 Å². The Bertz CT molecular complexity index is 997. The van der Waals surface area contributed by atoms with Gasteiger partial charge in [0.2, 0.25) is 0 Å². The smallest absolute Gasteiger partial charge is 0.259 e. The molecule has 0 aliphatic carbocycles. The minimum Gasteiger partial charge on any atom is -0.366 e. The maximum Gasteiger partial charge on any atom is 0.259 e. The number of carbonyl (C=O) groups is 1. The molecule has 0 radical (unpaired) electrons. The molecular formula is C21H20ClFN4O. The number of benzene rings is 2. The van der Waals surface area contributed by atoms with Gasteiger partial charge in [-0.2, -0.15) is 5.10 Å². The molecule has 1 aromatic heterocycles. The lowest BCUT2D eigenvalue weighted by Crippen LogP contribution is -2.49. The van der Waals surface area contributed by atoms with E-state index in [1.165, 1.54) is 6.07 Å². The number of halogens is 2. The Labute approximate surface area is 167 Å². The zero-order valence-electron chi connectivity index (χ0n) is 15.5. The molecular weight excluding hydrogens is 379 g/mol. The third-order valence-corrected chi connectivity index (χ3v) is 5.33. The number of amides is 1. The van der Waals surface area contributed by atoms with Gasteiger partial charge in [0.05, 0.1) is 22.6 Å². The van der Waals surface area contributed by atoms with E-state index < -0.39 is 0 Å². The summed E-state index contributed by atoms with van der Waals surface area (Å²) >= 11 is 6.52. The van der Waals surface area contributed by atoms with E-state index in [1.807, 2.05) is 41.3 Å². The van der Waals surface area contributed by atoms with Crippen molar-refractivity contribution >= 4 is 23.2 Å². The average Bonchev–Trinajstić information content (AvgIpc) is 3.03. The van der Waals surface area contributed by atoms with Crippen LogP contribution in [-0.2, 0) is 0 Å². The van der Waals surface area contributed by atoms with Crippen LogP contribution >= 0.6 is 11.6 Å². The number of hydrogen-bond acceptors (Lipinski definition) is 3. The predicted molar refractivity (Wildman–Crippen MR) is 108 cm³/mol. The van der Waals surface area contributed by atoms with Gasteiger partial charge in [-0.3, -0.25) is 4.79 Å². The Morgan fingerprint density at radius 3 is 2.32 bits per heavy atom. The van der Waals surface area contributed by atoms with Crippen molar-refractivity contribution in [2.24, 2.45) is 0 Å². The van der Waals surface area contributed by atoms with Crippen molar-refractivity contribution in [3.8, 4) is 5.69 Å². The second kappa shape index (κ2) is 7.64. The van der Waals surface area contributed by atoms with Crippen molar-refractivity contribution in [2.45, 2.75) is 6.92 Å². The molecule has 0 atom stereocenters. The van der Waals surface area contributed by atoms with Crippen LogP contribution in [0.15, 0.2) is 54.6 Å². The molecule has 1 aliphatic rings. The molecule has 7 heteroatoms. The molecule has 2 heterocycles. The van der Waals surface area contributed by atoms with Gasteiger partial charge < -0.3 is 9.80 Å². The van der Waals surface area contributed by atoms with Crippen LogP contribution in [0.3, 0.4) is 0 Å². The Morgan fingerprint density at radius 1 is 1.00 bits per heavy atom. The number of hydrogen-bond donors (Lipinski definition) is 0. The van der Waals surface area contributed by atoms with Crippen molar-refractivity contribution in [3.63, 3.8) is 0 Å². The number of nitrogens with zero attached hydrogens (tertiary/aromatic N) is 4. The normalized spacial score (nSPS) is 14.4. The Balaban J connectivity index is 1.52. The SMILES string of the molecule is Cc1nn(-c2ccccc2)c(Cl)c1C(=O)N1CCN(c2ccccc2F)CC1. The van der Waals surface area contributed by atoms with Crippen molar-refractivity contribution in [3.05, 3.63) is 76.8 Å². The minimum atomic E-state index is -0.245. The van der Waals surface area contributed by atoms with Gasteiger partial charge in [-0.15, -0.1) is 0 Å². The summed E-state index contributed by atoms with van der Waals surface area (Å²) < 4.78 is 15.6. The van der Waals surface area contributed by atoms with Gasteiger partial charge >= 0.3 is 0 Å². The summed E-state index contributed by atoms with van der Waals surface area (Å²) in [4.78, 5) is 16.8. The minimum absolute atomic E-state index is 0.141. The molecule has 0 unspecified atom stereocenters. The molecule has 3 aromatic rings. The third-order valence-electron chi connectivity index (χ3n) is 4.98. The van der Waals surface area contributed by atoms with Crippen LogP contribution in [0.25, 0.3) is 5.69 Å². The number of anilines is 1. The van der Waals surface area contributed by atoms with Gasteiger partial charge in [0.15, 0.2) is 0 Å². The monoisotopic (exact) mass is 398 g/mol. The Hall–Kier alpha value is -2.86. The molecule has 0 saturated carbocycles. The third kappa shape index (κ3) is 3.36. The first-order valence-corrected chi connectivity index (χ1v) is 9.53. The zero-order valence-corrected chi connectivity index (χ0v) is 16.2. The summed E-state index contributed by atoms with van der Waals surface area (Å²) in [5.41, 5.74) is 2.39. The van der Waals surface area contributed by atoms with Gasteiger partial charge in [0.25, 0.3) is 5.91 Å². The van der Waals surface area contributed by atoms with E-state index in [0.29, 0.717) is 48.3 Å². The lowest BCUT2D eigenvalue weighted by Gasteiger charge is -2.36. The van der Waals surface area contributed by atoms with Gasteiger partial charge in [0.1, 0.15) is 11.0 Å². The first-order valence-electron chi connectivity index (χ1n) is 9.15. The van der Waals surface area contributed by atoms with Gasteiger partial charge in [-0.1, -0.05) is 41.9 Å². The average molecular weight is 399 g/mol. The number of aromatic nitrogens is 2.